The van der Waals surface area contributed by atoms with Crippen LogP contribution in [0.2, 0.25) is 0 Å². The fourth-order valence-corrected chi connectivity index (χ4v) is 3.50. The zero-order valence-corrected chi connectivity index (χ0v) is 15.7. The van der Waals surface area contributed by atoms with Gasteiger partial charge in [0.15, 0.2) is 0 Å². The van der Waals surface area contributed by atoms with Gasteiger partial charge in [-0.2, -0.15) is 0 Å². The maximum Gasteiger partial charge on any atom is 0.312 e. The topological polar surface area (TPSA) is 60.9 Å². The molecule has 3 rings (SSSR count). The van der Waals surface area contributed by atoms with Crippen molar-refractivity contribution < 1.29 is 14.4 Å². The molecule has 0 atom stereocenters. The van der Waals surface area contributed by atoms with E-state index in [0.717, 1.165) is 22.9 Å². The highest BCUT2D eigenvalue weighted by molar-refractivity contribution is 9.10. The van der Waals surface area contributed by atoms with E-state index in [1.165, 1.54) is 0 Å². The number of hydrogen-bond acceptors (Lipinski definition) is 3. The number of nitrogens with zero attached hydrogens (tertiary/aromatic N) is 3. The number of benzene rings is 1. The zero-order chi connectivity index (χ0) is 17.8. The molecular formula is C18H22BrN3O3. The third-order valence-electron chi connectivity index (χ3n) is 4.76. The number of hydrogen-bond donors (Lipinski definition) is 0. The van der Waals surface area contributed by atoms with E-state index in [4.69, 9.17) is 0 Å². The van der Waals surface area contributed by atoms with Crippen molar-refractivity contribution in [3.63, 3.8) is 0 Å². The minimum Gasteiger partial charge on any atom is -0.339 e. The number of rotatable bonds is 2. The third-order valence-corrected chi connectivity index (χ3v) is 5.29. The summed E-state index contributed by atoms with van der Waals surface area (Å²) in [6.07, 6.45) is 2.29. The Hall–Kier alpha value is -1.89. The van der Waals surface area contributed by atoms with E-state index >= 15 is 0 Å². The molecule has 2 aliphatic heterocycles. The Labute approximate surface area is 155 Å². The normalized spacial score (nSPS) is 17.7. The summed E-state index contributed by atoms with van der Waals surface area (Å²) in [5, 5.41) is 0. The SMILES string of the molecule is O=C(Cc1ccc(Br)cc1)N1CCN(C(=O)C(=O)N2CCCC2)CC1. The van der Waals surface area contributed by atoms with Crippen molar-refractivity contribution >= 4 is 33.7 Å². The first-order chi connectivity index (χ1) is 12.0. The monoisotopic (exact) mass is 407 g/mol. The third kappa shape index (κ3) is 4.39. The van der Waals surface area contributed by atoms with Crippen LogP contribution in [0.5, 0.6) is 0 Å². The molecule has 2 saturated heterocycles. The summed E-state index contributed by atoms with van der Waals surface area (Å²) in [5.74, 6) is -0.769. The van der Waals surface area contributed by atoms with Crippen LogP contribution >= 0.6 is 15.9 Å². The smallest absolute Gasteiger partial charge is 0.312 e. The highest BCUT2D eigenvalue weighted by atomic mass is 79.9. The van der Waals surface area contributed by atoms with Crippen molar-refractivity contribution in [3.8, 4) is 0 Å². The van der Waals surface area contributed by atoms with Gasteiger partial charge in [-0.3, -0.25) is 14.4 Å². The van der Waals surface area contributed by atoms with Crippen molar-refractivity contribution in [2.45, 2.75) is 19.3 Å². The molecule has 134 valence electrons. The van der Waals surface area contributed by atoms with Gasteiger partial charge in [0, 0.05) is 43.7 Å². The van der Waals surface area contributed by atoms with E-state index in [2.05, 4.69) is 15.9 Å². The molecule has 0 unspecified atom stereocenters. The molecule has 2 heterocycles. The number of amides is 3. The van der Waals surface area contributed by atoms with Crippen LogP contribution < -0.4 is 0 Å². The Bertz CT molecular complexity index is 648. The lowest BCUT2D eigenvalue weighted by atomic mass is 10.1. The Morgan fingerprint density at radius 3 is 1.80 bits per heavy atom. The molecular weight excluding hydrogens is 386 g/mol. The summed E-state index contributed by atoms with van der Waals surface area (Å²) in [7, 11) is 0. The van der Waals surface area contributed by atoms with Crippen molar-refractivity contribution in [1.82, 2.24) is 14.7 Å². The van der Waals surface area contributed by atoms with Gasteiger partial charge in [0.1, 0.15) is 0 Å². The van der Waals surface area contributed by atoms with Crippen LogP contribution in [0, 0.1) is 0 Å². The number of likely N-dealkylation sites (tertiary alicyclic amines) is 1. The maximum atomic E-state index is 12.4. The predicted molar refractivity (Wildman–Crippen MR) is 96.8 cm³/mol. The van der Waals surface area contributed by atoms with Gasteiger partial charge in [-0.25, -0.2) is 0 Å². The first-order valence-corrected chi connectivity index (χ1v) is 9.44. The van der Waals surface area contributed by atoms with Gasteiger partial charge >= 0.3 is 11.8 Å². The molecule has 2 aliphatic rings. The Kier molecular flexibility index (Phi) is 5.73. The lowest BCUT2D eigenvalue weighted by molar-refractivity contribution is -0.153. The molecule has 1 aromatic carbocycles. The summed E-state index contributed by atoms with van der Waals surface area (Å²) in [6, 6.07) is 7.69. The first kappa shape index (κ1) is 17.9. The van der Waals surface area contributed by atoms with E-state index in [0.29, 0.717) is 45.7 Å². The van der Waals surface area contributed by atoms with Crippen LogP contribution in [-0.2, 0) is 20.8 Å². The standard InChI is InChI=1S/C18H22BrN3O3/c19-15-5-3-14(4-6-15)13-16(23)20-9-11-22(12-10-20)18(25)17(24)21-7-1-2-8-21/h3-6H,1-2,7-13H2. The lowest BCUT2D eigenvalue weighted by Crippen LogP contribution is -2.54. The molecule has 2 fully saturated rings. The molecule has 25 heavy (non-hydrogen) atoms. The second-order valence-corrected chi connectivity index (χ2v) is 7.39. The summed E-state index contributed by atoms with van der Waals surface area (Å²) in [6.45, 7) is 3.16. The van der Waals surface area contributed by atoms with Gasteiger partial charge in [-0.15, -0.1) is 0 Å². The average molecular weight is 408 g/mol. The molecule has 0 aromatic heterocycles. The number of carbonyl (C=O) groups excluding carboxylic acids is 3. The predicted octanol–water partition coefficient (Wildman–Crippen LogP) is 1.28. The van der Waals surface area contributed by atoms with Crippen LogP contribution in [0.25, 0.3) is 0 Å². The molecule has 0 spiro atoms. The molecule has 0 saturated carbocycles. The molecule has 0 N–H and O–H groups in total. The highest BCUT2D eigenvalue weighted by Crippen LogP contribution is 2.13. The fourth-order valence-electron chi connectivity index (χ4n) is 3.24. The molecule has 1 aromatic rings. The second kappa shape index (κ2) is 7.99. The quantitative estimate of drug-likeness (QED) is 0.693. The van der Waals surface area contributed by atoms with Crippen LogP contribution in [0.15, 0.2) is 28.7 Å². The van der Waals surface area contributed by atoms with E-state index in [9.17, 15) is 14.4 Å². The van der Waals surface area contributed by atoms with Gasteiger partial charge in [-0.05, 0) is 30.5 Å². The minimum absolute atomic E-state index is 0.0558. The van der Waals surface area contributed by atoms with E-state index in [-0.39, 0.29) is 5.91 Å². The van der Waals surface area contributed by atoms with Crippen molar-refractivity contribution in [2.75, 3.05) is 39.3 Å². The highest BCUT2D eigenvalue weighted by Gasteiger charge is 2.31. The van der Waals surface area contributed by atoms with Crippen LogP contribution in [-0.4, -0.2) is 71.7 Å². The van der Waals surface area contributed by atoms with Crippen molar-refractivity contribution in [1.29, 1.82) is 0 Å². The molecule has 0 bridgehead atoms. The van der Waals surface area contributed by atoms with Crippen LogP contribution in [0.1, 0.15) is 18.4 Å². The van der Waals surface area contributed by atoms with Gasteiger partial charge in [-0.1, -0.05) is 28.1 Å². The largest absolute Gasteiger partial charge is 0.339 e. The van der Waals surface area contributed by atoms with Crippen LogP contribution in [0.3, 0.4) is 0 Å². The summed E-state index contributed by atoms with van der Waals surface area (Å²) < 4.78 is 0.985. The summed E-state index contributed by atoms with van der Waals surface area (Å²) in [5.41, 5.74) is 0.968. The molecule has 7 heteroatoms. The first-order valence-electron chi connectivity index (χ1n) is 8.65. The van der Waals surface area contributed by atoms with Crippen LogP contribution in [0.4, 0.5) is 0 Å². The summed E-state index contributed by atoms with van der Waals surface area (Å²) in [4.78, 5) is 41.9. The van der Waals surface area contributed by atoms with Gasteiger partial charge < -0.3 is 14.7 Å². The van der Waals surface area contributed by atoms with Gasteiger partial charge in [0.2, 0.25) is 5.91 Å². The summed E-state index contributed by atoms with van der Waals surface area (Å²) >= 11 is 3.38. The Morgan fingerprint density at radius 1 is 0.760 bits per heavy atom. The number of halogens is 1. The molecule has 0 aliphatic carbocycles. The lowest BCUT2D eigenvalue weighted by Gasteiger charge is -2.35. The second-order valence-electron chi connectivity index (χ2n) is 6.48. The van der Waals surface area contributed by atoms with Gasteiger partial charge in [0.05, 0.1) is 6.42 Å². The number of piperazine rings is 1. The fraction of sp³-hybridized carbons (Fsp3) is 0.500. The molecule has 0 radical (unpaired) electrons. The average Bonchev–Trinajstić information content (AvgIpc) is 3.17. The Balaban J connectivity index is 1.49. The molecule has 6 nitrogen and oxygen atoms in total. The molecule has 3 amide bonds. The van der Waals surface area contributed by atoms with Gasteiger partial charge in [0.25, 0.3) is 0 Å². The van der Waals surface area contributed by atoms with E-state index < -0.39 is 11.8 Å². The van der Waals surface area contributed by atoms with E-state index in [1.54, 1.807) is 14.7 Å². The number of carbonyl (C=O) groups is 3. The van der Waals surface area contributed by atoms with Crippen molar-refractivity contribution in [3.05, 3.63) is 34.3 Å². The van der Waals surface area contributed by atoms with Crippen molar-refractivity contribution in [2.24, 2.45) is 0 Å². The maximum absolute atomic E-state index is 12.4. The Morgan fingerprint density at radius 2 is 1.24 bits per heavy atom. The van der Waals surface area contributed by atoms with E-state index in [1.807, 2.05) is 24.3 Å². The minimum atomic E-state index is -0.429. The zero-order valence-electron chi connectivity index (χ0n) is 14.1.